The molecule has 0 unspecified atom stereocenters. The highest BCUT2D eigenvalue weighted by molar-refractivity contribution is 5.96. The summed E-state index contributed by atoms with van der Waals surface area (Å²) in [5.74, 6) is 0.396. The standard InChI is InChI=1S/C19H21N3O3/c1-3-4-18(23)21-16-9-7-15(8-10-16)19(24)22-20-13-14-5-11-17(25-2)12-6-14/h5-13H,3-4H2,1-2H3,(H,21,23)(H,22,24). The van der Waals surface area contributed by atoms with Crippen LogP contribution in [0.3, 0.4) is 0 Å². The number of rotatable bonds is 7. The minimum absolute atomic E-state index is 0.0382. The summed E-state index contributed by atoms with van der Waals surface area (Å²) in [6, 6.07) is 14.0. The third-order valence-corrected chi connectivity index (χ3v) is 3.40. The molecule has 0 aliphatic heterocycles. The maximum absolute atomic E-state index is 12.0. The Morgan fingerprint density at radius 3 is 2.36 bits per heavy atom. The summed E-state index contributed by atoms with van der Waals surface area (Å²) in [6.07, 6.45) is 2.82. The molecule has 2 aromatic rings. The quantitative estimate of drug-likeness (QED) is 0.600. The number of methoxy groups -OCH3 is 1. The minimum atomic E-state index is -0.323. The Kier molecular flexibility index (Phi) is 6.71. The minimum Gasteiger partial charge on any atom is -0.497 e. The number of nitrogens with zero attached hydrogens (tertiary/aromatic N) is 1. The molecule has 0 bridgehead atoms. The van der Waals surface area contributed by atoms with Gasteiger partial charge in [-0.25, -0.2) is 5.43 Å². The zero-order valence-electron chi connectivity index (χ0n) is 14.3. The van der Waals surface area contributed by atoms with Crippen molar-refractivity contribution in [1.82, 2.24) is 5.43 Å². The van der Waals surface area contributed by atoms with Crippen molar-refractivity contribution >= 4 is 23.7 Å². The third-order valence-electron chi connectivity index (χ3n) is 3.40. The molecule has 130 valence electrons. The van der Waals surface area contributed by atoms with Crippen LogP contribution in [0.15, 0.2) is 53.6 Å². The zero-order chi connectivity index (χ0) is 18.1. The van der Waals surface area contributed by atoms with Gasteiger partial charge in [-0.3, -0.25) is 9.59 Å². The van der Waals surface area contributed by atoms with E-state index >= 15 is 0 Å². The second kappa shape index (κ2) is 9.22. The third kappa shape index (κ3) is 5.76. The fourth-order valence-electron chi connectivity index (χ4n) is 2.08. The lowest BCUT2D eigenvalue weighted by Crippen LogP contribution is -2.17. The molecule has 0 radical (unpaired) electrons. The average molecular weight is 339 g/mol. The summed E-state index contributed by atoms with van der Waals surface area (Å²) < 4.78 is 5.08. The monoisotopic (exact) mass is 339 g/mol. The van der Waals surface area contributed by atoms with E-state index in [-0.39, 0.29) is 11.8 Å². The Hall–Kier alpha value is -3.15. The number of hydrazone groups is 1. The van der Waals surface area contributed by atoms with E-state index in [2.05, 4.69) is 15.8 Å². The highest BCUT2D eigenvalue weighted by atomic mass is 16.5. The smallest absolute Gasteiger partial charge is 0.271 e. The first-order valence-electron chi connectivity index (χ1n) is 7.99. The molecule has 2 amide bonds. The summed E-state index contributed by atoms with van der Waals surface area (Å²) in [7, 11) is 1.60. The number of benzene rings is 2. The molecule has 0 saturated heterocycles. The molecular formula is C19H21N3O3. The molecule has 0 heterocycles. The predicted octanol–water partition coefficient (Wildman–Crippen LogP) is 3.20. The molecule has 0 aromatic heterocycles. The average Bonchev–Trinajstić information content (AvgIpc) is 2.63. The van der Waals surface area contributed by atoms with Crippen LogP contribution in [0.1, 0.15) is 35.7 Å². The van der Waals surface area contributed by atoms with Gasteiger partial charge in [0.25, 0.3) is 5.91 Å². The van der Waals surface area contributed by atoms with E-state index in [1.807, 2.05) is 31.2 Å². The normalized spacial score (nSPS) is 10.5. The summed E-state index contributed by atoms with van der Waals surface area (Å²) in [4.78, 5) is 23.6. The van der Waals surface area contributed by atoms with E-state index in [4.69, 9.17) is 4.74 Å². The van der Waals surface area contributed by atoms with Crippen LogP contribution in [-0.4, -0.2) is 25.1 Å². The van der Waals surface area contributed by atoms with Crippen LogP contribution in [0, 0.1) is 0 Å². The highest BCUT2D eigenvalue weighted by Gasteiger charge is 2.05. The first kappa shape index (κ1) is 18.2. The topological polar surface area (TPSA) is 79.8 Å². The van der Waals surface area contributed by atoms with E-state index in [9.17, 15) is 9.59 Å². The molecule has 0 saturated carbocycles. The first-order valence-corrected chi connectivity index (χ1v) is 7.99. The maximum atomic E-state index is 12.0. The highest BCUT2D eigenvalue weighted by Crippen LogP contribution is 2.11. The van der Waals surface area contributed by atoms with Gasteiger partial charge in [-0.2, -0.15) is 5.10 Å². The molecule has 0 fully saturated rings. The van der Waals surface area contributed by atoms with E-state index in [0.29, 0.717) is 17.7 Å². The van der Waals surface area contributed by atoms with Crippen molar-refractivity contribution in [3.8, 4) is 5.75 Å². The van der Waals surface area contributed by atoms with Crippen LogP contribution in [0.4, 0.5) is 5.69 Å². The molecule has 2 N–H and O–H groups in total. The van der Waals surface area contributed by atoms with Crippen LogP contribution < -0.4 is 15.5 Å². The second-order valence-electron chi connectivity index (χ2n) is 5.35. The Labute approximate surface area is 146 Å². The lowest BCUT2D eigenvalue weighted by Gasteiger charge is -2.05. The Morgan fingerprint density at radius 1 is 1.08 bits per heavy atom. The van der Waals surface area contributed by atoms with Gasteiger partial charge in [0.2, 0.25) is 5.91 Å². The summed E-state index contributed by atoms with van der Waals surface area (Å²) >= 11 is 0. The fourth-order valence-corrected chi connectivity index (χ4v) is 2.08. The zero-order valence-corrected chi connectivity index (χ0v) is 14.3. The van der Waals surface area contributed by atoms with Gasteiger partial charge in [0.15, 0.2) is 0 Å². The number of carbonyl (C=O) groups is 2. The predicted molar refractivity (Wildman–Crippen MR) is 98.0 cm³/mol. The van der Waals surface area contributed by atoms with E-state index in [0.717, 1.165) is 17.7 Å². The lowest BCUT2D eigenvalue weighted by molar-refractivity contribution is -0.116. The van der Waals surface area contributed by atoms with E-state index < -0.39 is 0 Å². The number of carbonyl (C=O) groups excluding carboxylic acids is 2. The van der Waals surface area contributed by atoms with Crippen molar-refractivity contribution in [1.29, 1.82) is 0 Å². The van der Waals surface area contributed by atoms with Gasteiger partial charge < -0.3 is 10.1 Å². The number of amides is 2. The molecule has 6 nitrogen and oxygen atoms in total. The van der Waals surface area contributed by atoms with Crippen molar-refractivity contribution in [3.05, 3.63) is 59.7 Å². The van der Waals surface area contributed by atoms with E-state index in [1.54, 1.807) is 37.6 Å². The second-order valence-corrected chi connectivity index (χ2v) is 5.35. The summed E-state index contributed by atoms with van der Waals surface area (Å²) in [6.45, 7) is 1.94. The van der Waals surface area contributed by atoms with Crippen molar-refractivity contribution in [2.24, 2.45) is 5.10 Å². The van der Waals surface area contributed by atoms with Crippen LogP contribution in [0.25, 0.3) is 0 Å². The number of nitrogens with one attached hydrogen (secondary N) is 2. The molecule has 2 aromatic carbocycles. The Bertz CT molecular complexity index is 738. The van der Waals surface area contributed by atoms with Crippen LogP contribution in [-0.2, 0) is 4.79 Å². The van der Waals surface area contributed by atoms with Gasteiger partial charge in [-0.05, 0) is 60.5 Å². The van der Waals surface area contributed by atoms with Gasteiger partial charge >= 0.3 is 0 Å². The number of hydrogen-bond donors (Lipinski definition) is 2. The molecule has 0 spiro atoms. The molecule has 0 aliphatic rings. The first-order chi connectivity index (χ1) is 12.1. The molecule has 25 heavy (non-hydrogen) atoms. The Balaban J connectivity index is 1.89. The van der Waals surface area contributed by atoms with Crippen molar-refractivity contribution in [2.45, 2.75) is 19.8 Å². The van der Waals surface area contributed by atoms with Crippen molar-refractivity contribution < 1.29 is 14.3 Å². The lowest BCUT2D eigenvalue weighted by atomic mass is 10.2. The summed E-state index contributed by atoms with van der Waals surface area (Å²) in [5.41, 5.74) is 4.43. The van der Waals surface area contributed by atoms with Crippen molar-refractivity contribution in [2.75, 3.05) is 12.4 Å². The van der Waals surface area contributed by atoms with Gasteiger partial charge in [-0.1, -0.05) is 6.92 Å². The maximum Gasteiger partial charge on any atom is 0.271 e. The van der Waals surface area contributed by atoms with Gasteiger partial charge in [0.05, 0.1) is 13.3 Å². The van der Waals surface area contributed by atoms with Crippen LogP contribution in [0.2, 0.25) is 0 Å². The SMILES string of the molecule is CCCC(=O)Nc1ccc(C(=O)NN=Cc2ccc(OC)cc2)cc1. The number of hydrogen-bond acceptors (Lipinski definition) is 4. The van der Waals surface area contributed by atoms with Crippen molar-refractivity contribution in [3.63, 3.8) is 0 Å². The molecular weight excluding hydrogens is 318 g/mol. The largest absolute Gasteiger partial charge is 0.497 e. The molecule has 2 rings (SSSR count). The number of ether oxygens (including phenoxy) is 1. The van der Waals surface area contributed by atoms with Gasteiger partial charge in [-0.15, -0.1) is 0 Å². The van der Waals surface area contributed by atoms with Gasteiger partial charge in [0, 0.05) is 17.7 Å². The molecule has 0 aliphatic carbocycles. The Morgan fingerprint density at radius 2 is 1.76 bits per heavy atom. The van der Waals surface area contributed by atoms with Crippen LogP contribution >= 0.6 is 0 Å². The summed E-state index contributed by atoms with van der Waals surface area (Å²) in [5, 5.41) is 6.71. The van der Waals surface area contributed by atoms with Gasteiger partial charge in [0.1, 0.15) is 5.75 Å². The fraction of sp³-hybridized carbons (Fsp3) is 0.211. The molecule has 6 heteroatoms. The molecule has 0 atom stereocenters. The van der Waals surface area contributed by atoms with E-state index in [1.165, 1.54) is 0 Å². The van der Waals surface area contributed by atoms with Crippen LogP contribution in [0.5, 0.6) is 5.75 Å². The number of anilines is 1.